The van der Waals surface area contributed by atoms with Crippen molar-refractivity contribution in [3.05, 3.63) is 34.4 Å². The molecule has 1 atom stereocenters. The van der Waals surface area contributed by atoms with Crippen molar-refractivity contribution < 1.29 is 14.4 Å². The van der Waals surface area contributed by atoms with Crippen LogP contribution in [0, 0.1) is 10.1 Å². The van der Waals surface area contributed by atoms with E-state index in [0.717, 1.165) is 19.4 Å². The molecular weight excluding hydrogens is 334 g/mol. The third-order valence-corrected chi connectivity index (χ3v) is 4.46. The first-order valence-electron chi connectivity index (χ1n) is 7.61. The fourth-order valence-corrected chi connectivity index (χ4v) is 3.11. The van der Waals surface area contributed by atoms with Gasteiger partial charge in [-0.1, -0.05) is 23.9 Å². The van der Waals surface area contributed by atoms with Gasteiger partial charge in [0.05, 0.1) is 24.2 Å². The van der Waals surface area contributed by atoms with E-state index in [4.69, 9.17) is 9.47 Å². The van der Waals surface area contributed by atoms with Gasteiger partial charge in [-0.05, 0) is 29.3 Å². The van der Waals surface area contributed by atoms with Crippen LogP contribution in [0.15, 0.2) is 29.4 Å². The zero-order chi connectivity index (χ0) is 16.8. The highest BCUT2D eigenvalue weighted by molar-refractivity contribution is 7.99. The summed E-state index contributed by atoms with van der Waals surface area (Å²) in [6, 6.07) is 6.32. The van der Waals surface area contributed by atoms with Crippen molar-refractivity contribution in [1.82, 2.24) is 20.2 Å². The van der Waals surface area contributed by atoms with Gasteiger partial charge in [-0.25, -0.2) is 4.68 Å². The Kier molecular flexibility index (Phi) is 5.59. The number of benzene rings is 1. The maximum Gasteiger partial charge on any atom is 0.310 e. The Morgan fingerprint density at radius 1 is 1.46 bits per heavy atom. The molecule has 0 bridgehead atoms. The lowest BCUT2D eigenvalue weighted by atomic mass is 10.2. The number of rotatable bonds is 8. The molecule has 1 unspecified atom stereocenters. The van der Waals surface area contributed by atoms with E-state index in [1.807, 2.05) is 0 Å². The SMILES string of the molecule is O=[N+]([O-])c1ccccc1OCCSc1nnnn1CC1CCCO1. The van der Waals surface area contributed by atoms with Crippen LogP contribution in [0.1, 0.15) is 12.8 Å². The summed E-state index contributed by atoms with van der Waals surface area (Å²) >= 11 is 1.45. The highest BCUT2D eigenvalue weighted by Crippen LogP contribution is 2.26. The average Bonchev–Trinajstić information content (AvgIpc) is 3.24. The van der Waals surface area contributed by atoms with Crippen molar-refractivity contribution in [2.24, 2.45) is 0 Å². The summed E-state index contributed by atoms with van der Waals surface area (Å²) in [5.74, 6) is 0.847. The number of aromatic nitrogens is 4. The molecule has 1 fully saturated rings. The fourth-order valence-electron chi connectivity index (χ4n) is 2.41. The van der Waals surface area contributed by atoms with Crippen LogP contribution in [0.5, 0.6) is 5.75 Å². The summed E-state index contributed by atoms with van der Waals surface area (Å²) in [6.07, 6.45) is 2.25. The molecule has 128 valence electrons. The lowest BCUT2D eigenvalue weighted by molar-refractivity contribution is -0.385. The molecule has 10 heteroatoms. The highest BCUT2D eigenvalue weighted by Gasteiger charge is 2.19. The van der Waals surface area contributed by atoms with E-state index in [2.05, 4.69) is 15.5 Å². The van der Waals surface area contributed by atoms with E-state index in [1.165, 1.54) is 17.8 Å². The van der Waals surface area contributed by atoms with E-state index in [9.17, 15) is 10.1 Å². The van der Waals surface area contributed by atoms with Crippen LogP contribution in [-0.4, -0.2) is 50.2 Å². The van der Waals surface area contributed by atoms with E-state index in [1.54, 1.807) is 22.9 Å². The third kappa shape index (κ3) is 4.20. The van der Waals surface area contributed by atoms with Crippen LogP contribution in [-0.2, 0) is 11.3 Å². The van der Waals surface area contributed by atoms with Gasteiger partial charge in [0.25, 0.3) is 0 Å². The molecule has 3 rings (SSSR count). The van der Waals surface area contributed by atoms with E-state index in [0.29, 0.717) is 24.1 Å². The van der Waals surface area contributed by atoms with Crippen molar-refractivity contribution in [2.75, 3.05) is 19.0 Å². The molecule has 1 aliphatic rings. The number of hydrogen-bond acceptors (Lipinski definition) is 8. The number of nitrogens with zero attached hydrogens (tertiary/aromatic N) is 5. The molecule has 0 aliphatic carbocycles. The summed E-state index contributed by atoms with van der Waals surface area (Å²) in [5, 5.41) is 23.3. The van der Waals surface area contributed by atoms with Crippen LogP contribution in [0.4, 0.5) is 5.69 Å². The zero-order valence-corrected chi connectivity index (χ0v) is 13.7. The first-order valence-corrected chi connectivity index (χ1v) is 8.59. The summed E-state index contributed by atoms with van der Waals surface area (Å²) in [4.78, 5) is 10.5. The van der Waals surface area contributed by atoms with Gasteiger partial charge in [0.15, 0.2) is 5.75 Å². The van der Waals surface area contributed by atoms with Crippen LogP contribution >= 0.6 is 11.8 Å². The Bertz CT molecular complexity index is 689. The Hall–Kier alpha value is -2.20. The average molecular weight is 351 g/mol. The molecule has 0 spiro atoms. The molecule has 0 radical (unpaired) electrons. The van der Waals surface area contributed by atoms with Crippen molar-refractivity contribution in [3.8, 4) is 5.75 Å². The topological polar surface area (TPSA) is 105 Å². The quantitative estimate of drug-likeness (QED) is 0.307. The molecule has 24 heavy (non-hydrogen) atoms. The maximum atomic E-state index is 10.9. The Morgan fingerprint density at radius 3 is 3.12 bits per heavy atom. The van der Waals surface area contributed by atoms with E-state index < -0.39 is 4.92 Å². The van der Waals surface area contributed by atoms with Gasteiger partial charge in [0.2, 0.25) is 5.16 Å². The van der Waals surface area contributed by atoms with Gasteiger partial charge < -0.3 is 9.47 Å². The lowest BCUT2D eigenvalue weighted by Crippen LogP contribution is -2.17. The van der Waals surface area contributed by atoms with Gasteiger partial charge >= 0.3 is 5.69 Å². The van der Waals surface area contributed by atoms with Gasteiger partial charge in [0.1, 0.15) is 0 Å². The summed E-state index contributed by atoms with van der Waals surface area (Å²) in [6.45, 7) is 1.75. The molecule has 9 nitrogen and oxygen atoms in total. The smallest absolute Gasteiger partial charge is 0.310 e. The number of para-hydroxylation sites is 2. The van der Waals surface area contributed by atoms with Crippen molar-refractivity contribution in [3.63, 3.8) is 0 Å². The number of nitro benzene ring substituents is 1. The third-order valence-electron chi connectivity index (χ3n) is 3.53. The molecule has 1 aromatic carbocycles. The van der Waals surface area contributed by atoms with Crippen molar-refractivity contribution >= 4 is 17.4 Å². The fraction of sp³-hybridized carbons (Fsp3) is 0.500. The first-order chi connectivity index (χ1) is 11.7. The Morgan fingerprint density at radius 2 is 2.33 bits per heavy atom. The maximum absolute atomic E-state index is 10.9. The lowest BCUT2D eigenvalue weighted by Gasteiger charge is -2.10. The molecule has 2 aromatic rings. The molecule has 0 amide bonds. The minimum Gasteiger partial charge on any atom is -0.486 e. The van der Waals surface area contributed by atoms with Crippen LogP contribution < -0.4 is 4.74 Å². The molecule has 2 heterocycles. The predicted molar refractivity (Wildman–Crippen MR) is 86.1 cm³/mol. The Balaban J connectivity index is 1.49. The molecule has 0 saturated carbocycles. The predicted octanol–water partition coefficient (Wildman–Crippen LogP) is 1.93. The first kappa shape index (κ1) is 16.7. The summed E-state index contributed by atoms with van der Waals surface area (Å²) < 4.78 is 12.8. The molecular formula is C14H17N5O4S. The Labute approximate surface area is 142 Å². The van der Waals surface area contributed by atoms with Gasteiger partial charge in [-0.3, -0.25) is 10.1 Å². The number of tetrazole rings is 1. The van der Waals surface area contributed by atoms with Crippen LogP contribution in [0.25, 0.3) is 0 Å². The standard InChI is InChI=1S/C14H17N5O4S/c20-19(21)12-5-1-2-6-13(12)23-8-9-24-14-15-16-17-18(14)10-11-4-3-7-22-11/h1-2,5-6,11H,3-4,7-10H2. The van der Waals surface area contributed by atoms with E-state index in [-0.39, 0.29) is 17.5 Å². The summed E-state index contributed by atoms with van der Waals surface area (Å²) in [5.41, 5.74) is -0.0364. The normalized spacial score (nSPS) is 17.1. The van der Waals surface area contributed by atoms with Crippen molar-refractivity contribution in [2.45, 2.75) is 30.6 Å². The highest BCUT2D eigenvalue weighted by atomic mass is 32.2. The number of ether oxygens (including phenoxy) is 2. The monoisotopic (exact) mass is 351 g/mol. The number of hydrogen-bond donors (Lipinski definition) is 0. The van der Waals surface area contributed by atoms with Gasteiger partial charge in [-0.2, -0.15) is 0 Å². The molecule has 1 aliphatic heterocycles. The minimum atomic E-state index is -0.454. The second-order valence-corrected chi connectivity index (χ2v) is 6.26. The van der Waals surface area contributed by atoms with Crippen LogP contribution in [0.3, 0.4) is 0 Å². The zero-order valence-electron chi connectivity index (χ0n) is 12.9. The number of nitro groups is 1. The van der Waals surface area contributed by atoms with Gasteiger partial charge in [0, 0.05) is 18.4 Å². The van der Waals surface area contributed by atoms with Gasteiger partial charge in [-0.15, -0.1) is 5.10 Å². The van der Waals surface area contributed by atoms with Crippen molar-refractivity contribution in [1.29, 1.82) is 0 Å². The molecule has 1 aromatic heterocycles. The van der Waals surface area contributed by atoms with E-state index >= 15 is 0 Å². The largest absolute Gasteiger partial charge is 0.486 e. The summed E-state index contributed by atoms with van der Waals surface area (Å²) in [7, 11) is 0. The van der Waals surface area contributed by atoms with Crippen LogP contribution in [0.2, 0.25) is 0 Å². The molecule has 1 saturated heterocycles. The minimum absolute atomic E-state index is 0.0364. The second kappa shape index (κ2) is 8.06. The molecule has 0 N–H and O–H groups in total. The second-order valence-electron chi connectivity index (χ2n) is 5.20. The number of thioether (sulfide) groups is 1.